The van der Waals surface area contributed by atoms with E-state index in [0.29, 0.717) is 5.56 Å². The van der Waals surface area contributed by atoms with Crippen molar-refractivity contribution in [3.05, 3.63) is 42.2 Å². The van der Waals surface area contributed by atoms with Gasteiger partial charge in [-0.3, -0.25) is 4.68 Å². The van der Waals surface area contributed by atoms with Crippen LogP contribution < -0.4 is 10.1 Å². The number of halogens is 3. The van der Waals surface area contributed by atoms with Gasteiger partial charge in [0.05, 0.1) is 11.9 Å². The number of para-hydroxylation sites is 1. The quantitative estimate of drug-likeness (QED) is 0.915. The number of hydrogen-bond acceptors (Lipinski definition) is 3. The van der Waals surface area contributed by atoms with Crippen LogP contribution in [0, 0.1) is 0 Å². The smallest absolute Gasteiger partial charge is 0.405 e. The Morgan fingerprint density at radius 2 is 2.05 bits per heavy atom. The summed E-state index contributed by atoms with van der Waals surface area (Å²) < 4.78 is 42.5. The van der Waals surface area contributed by atoms with Crippen LogP contribution in [0.4, 0.5) is 18.9 Å². The molecule has 0 bridgehead atoms. The van der Waals surface area contributed by atoms with Crippen molar-refractivity contribution in [2.24, 2.45) is 0 Å². The van der Waals surface area contributed by atoms with Gasteiger partial charge in [0.15, 0.2) is 0 Å². The molecular formula is C13H14F3N3O. The van der Waals surface area contributed by atoms with Gasteiger partial charge in [-0.05, 0) is 13.0 Å². The fourth-order valence-electron chi connectivity index (χ4n) is 1.70. The van der Waals surface area contributed by atoms with Crippen molar-refractivity contribution in [1.29, 1.82) is 0 Å². The third-order valence-electron chi connectivity index (χ3n) is 2.64. The summed E-state index contributed by atoms with van der Waals surface area (Å²) in [6.45, 7) is 2.90. The number of aryl methyl sites for hydroxylation is 1. The van der Waals surface area contributed by atoms with Crippen LogP contribution in [0.15, 0.2) is 36.7 Å². The van der Waals surface area contributed by atoms with Gasteiger partial charge in [0.25, 0.3) is 0 Å². The molecule has 0 aliphatic heterocycles. The van der Waals surface area contributed by atoms with Crippen molar-refractivity contribution in [2.45, 2.75) is 26.4 Å². The molecule has 108 valence electrons. The summed E-state index contributed by atoms with van der Waals surface area (Å²) in [6, 6.07) is 6.04. The lowest BCUT2D eigenvalue weighted by molar-refractivity contribution is -0.274. The number of ether oxygens (including phenoxy) is 1. The van der Waals surface area contributed by atoms with Gasteiger partial charge in [-0.1, -0.05) is 18.2 Å². The average molecular weight is 285 g/mol. The third-order valence-corrected chi connectivity index (χ3v) is 2.64. The number of aromatic nitrogens is 2. The van der Waals surface area contributed by atoms with Crippen molar-refractivity contribution in [1.82, 2.24) is 9.78 Å². The monoisotopic (exact) mass is 285 g/mol. The van der Waals surface area contributed by atoms with Crippen molar-refractivity contribution in [3.63, 3.8) is 0 Å². The summed E-state index contributed by atoms with van der Waals surface area (Å²) in [7, 11) is 0. The Hall–Kier alpha value is -2.18. The summed E-state index contributed by atoms with van der Waals surface area (Å²) in [5.74, 6) is -0.199. The van der Waals surface area contributed by atoms with E-state index >= 15 is 0 Å². The van der Waals surface area contributed by atoms with Gasteiger partial charge in [-0.2, -0.15) is 5.10 Å². The highest BCUT2D eigenvalue weighted by Crippen LogP contribution is 2.26. The van der Waals surface area contributed by atoms with E-state index in [1.165, 1.54) is 12.1 Å². The highest BCUT2D eigenvalue weighted by atomic mass is 19.4. The SMILES string of the molecule is CCn1cc(NCc2ccccc2OC(F)(F)F)cn1. The van der Waals surface area contributed by atoms with Gasteiger partial charge >= 0.3 is 6.36 Å². The second-order valence-corrected chi connectivity index (χ2v) is 4.09. The first-order valence-corrected chi connectivity index (χ1v) is 6.08. The number of rotatable bonds is 5. The molecule has 0 radical (unpaired) electrons. The molecule has 0 saturated carbocycles. The molecule has 7 heteroatoms. The van der Waals surface area contributed by atoms with Crippen LogP contribution in [0.1, 0.15) is 12.5 Å². The minimum Gasteiger partial charge on any atom is -0.405 e. The van der Waals surface area contributed by atoms with E-state index in [4.69, 9.17) is 0 Å². The summed E-state index contributed by atoms with van der Waals surface area (Å²) in [5, 5.41) is 7.08. The van der Waals surface area contributed by atoms with Gasteiger partial charge in [-0.15, -0.1) is 13.2 Å². The van der Waals surface area contributed by atoms with Crippen LogP contribution in [0.25, 0.3) is 0 Å². The van der Waals surface area contributed by atoms with E-state index in [9.17, 15) is 13.2 Å². The molecule has 20 heavy (non-hydrogen) atoms. The van der Waals surface area contributed by atoms with E-state index in [2.05, 4.69) is 15.2 Å². The molecule has 0 aliphatic rings. The lowest BCUT2D eigenvalue weighted by Gasteiger charge is -2.13. The first kappa shape index (κ1) is 14.2. The maximum Gasteiger partial charge on any atom is 0.573 e. The maximum absolute atomic E-state index is 12.3. The van der Waals surface area contributed by atoms with Crippen LogP contribution in [0.2, 0.25) is 0 Å². The number of nitrogens with one attached hydrogen (secondary N) is 1. The Labute approximate surface area is 114 Å². The molecule has 0 saturated heterocycles. The summed E-state index contributed by atoms with van der Waals surface area (Å²) in [6.07, 6.45) is -1.28. The van der Waals surface area contributed by atoms with Crippen LogP contribution >= 0.6 is 0 Å². The molecule has 4 nitrogen and oxygen atoms in total. The summed E-state index contributed by atoms with van der Waals surface area (Å²) in [4.78, 5) is 0. The van der Waals surface area contributed by atoms with Gasteiger partial charge < -0.3 is 10.1 Å². The van der Waals surface area contributed by atoms with Crippen LogP contribution in [0.5, 0.6) is 5.75 Å². The largest absolute Gasteiger partial charge is 0.573 e. The Bertz CT molecular complexity index is 566. The zero-order valence-corrected chi connectivity index (χ0v) is 10.8. The molecule has 0 amide bonds. The lowest BCUT2D eigenvalue weighted by Crippen LogP contribution is -2.18. The Morgan fingerprint density at radius 1 is 1.30 bits per heavy atom. The highest BCUT2D eigenvalue weighted by Gasteiger charge is 2.31. The van der Waals surface area contributed by atoms with Gasteiger partial charge in [0, 0.05) is 24.8 Å². The number of anilines is 1. The molecule has 0 aliphatic carbocycles. The molecule has 0 unspecified atom stereocenters. The van der Waals surface area contributed by atoms with Crippen LogP contribution in [0.3, 0.4) is 0 Å². The average Bonchev–Trinajstić information content (AvgIpc) is 2.84. The second kappa shape index (κ2) is 5.85. The van der Waals surface area contributed by atoms with E-state index < -0.39 is 6.36 Å². The Balaban J connectivity index is 2.05. The molecule has 0 fully saturated rings. The predicted molar refractivity (Wildman–Crippen MR) is 68.4 cm³/mol. The minimum atomic E-state index is -4.69. The van der Waals surface area contributed by atoms with E-state index in [-0.39, 0.29) is 12.3 Å². The molecule has 1 aromatic carbocycles. The van der Waals surface area contributed by atoms with Crippen molar-refractivity contribution in [2.75, 3.05) is 5.32 Å². The zero-order valence-electron chi connectivity index (χ0n) is 10.8. The molecule has 1 heterocycles. The first-order chi connectivity index (χ1) is 9.48. The molecule has 1 aromatic heterocycles. The van der Waals surface area contributed by atoms with Crippen LogP contribution in [-0.4, -0.2) is 16.1 Å². The summed E-state index contributed by atoms with van der Waals surface area (Å²) in [5.41, 5.74) is 1.17. The fraction of sp³-hybridized carbons (Fsp3) is 0.308. The molecule has 1 N–H and O–H groups in total. The number of benzene rings is 1. The number of hydrogen-bond donors (Lipinski definition) is 1. The lowest BCUT2D eigenvalue weighted by atomic mass is 10.2. The molecule has 0 atom stereocenters. The Morgan fingerprint density at radius 3 is 2.70 bits per heavy atom. The molecule has 2 aromatic rings. The van der Waals surface area contributed by atoms with Crippen molar-refractivity contribution >= 4 is 5.69 Å². The van der Waals surface area contributed by atoms with E-state index in [1.54, 1.807) is 29.2 Å². The summed E-state index contributed by atoms with van der Waals surface area (Å²) >= 11 is 0. The minimum absolute atomic E-state index is 0.199. The second-order valence-electron chi connectivity index (χ2n) is 4.09. The number of alkyl halides is 3. The zero-order chi connectivity index (χ0) is 14.6. The van der Waals surface area contributed by atoms with Gasteiger partial charge in [-0.25, -0.2) is 0 Å². The predicted octanol–water partition coefficient (Wildman–Crippen LogP) is 3.41. The number of nitrogens with zero attached hydrogens (tertiary/aromatic N) is 2. The van der Waals surface area contributed by atoms with Gasteiger partial charge in [0.2, 0.25) is 0 Å². The fourth-order valence-corrected chi connectivity index (χ4v) is 1.70. The maximum atomic E-state index is 12.3. The van der Waals surface area contributed by atoms with Crippen molar-refractivity contribution < 1.29 is 17.9 Å². The third kappa shape index (κ3) is 3.91. The normalized spacial score (nSPS) is 11.4. The standard InChI is InChI=1S/C13H14F3N3O/c1-2-19-9-11(8-18-19)17-7-10-5-3-4-6-12(10)20-13(14,15)16/h3-6,8-9,17H,2,7H2,1H3. The Kier molecular flexibility index (Phi) is 4.16. The van der Waals surface area contributed by atoms with Crippen LogP contribution in [-0.2, 0) is 13.1 Å². The van der Waals surface area contributed by atoms with Gasteiger partial charge in [0.1, 0.15) is 5.75 Å². The van der Waals surface area contributed by atoms with E-state index in [1.807, 2.05) is 6.92 Å². The highest BCUT2D eigenvalue weighted by molar-refractivity contribution is 5.42. The first-order valence-electron chi connectivity index (χ1n) is 6.08. The molecule has 2 rings (SSSR count). The topological polar surface area (TPSA) is 39.1 Å². The molecule has 0 spiro atoms. The van der Waals surface area contributed by atoms with E-state index in [0.717, 1.165) is 12.2 Å². The van der Waals surface area contributed by atoms with Crippen molar-refractivity contribution in [3.8, 4) is 5.75 Å². The molecular weight excluding hydrogens is 271 g/mol.